The molecule has 0 bridgehead atoms. The molecule has 88 valence electrons. The van der Waals surface area contributed by atoms with Crippen LogP contribution in [0.1, 0.15) is 19.4 Å². The third-order valence-corrected chi connectivity index (χ3v) is 3.18. The molecule has 2 atom stereocenters. The van der Waals surface area contributed by atoms with Gasteiger partial charge in [0.15, 0.2) is 0 Å². The minimum Gasteiger partial charge on any atom is -0.399 e. The molecule has 0 amide bonds. The molecule has 1 aromatic rings. The molecule has 0 aromatic heterocycles. The maximum Gasteiger partial charge on any atom is 0.0371 e. The van der Waals surface area contributed by atoms with E-state index in [1.165, 1.54) is 5.69 Å². The van der Waals surface area contributed by atoms with Gasteiger partial charge in [0.1, 0.15) is 0 Å². The third-order valence-electron chi connectivity index (χ3n) is 3.18. The van der Waals surface area contributed by atoms with Gasteiger partial charge >= 0.3 is 0 Å². The molecule has 2 rings (SSSR count). The van der Waals surface area contributed by atoms with Crippen molar-refractivity contribution in [2.24, 2.45) is 0 Å². The average molecular weight is 219 g/mol. The molecule has 1 aromatic carbocycles. The average Bonchev–Trinajstić information content (AvgIpc) is 2.20. The molecule has 1 aliphatic heterocycles. The van der Waals surface area contributed by atoms with E-state index < -0.39 is 0 Å². The number of piperazine rings is 1. The Balaban J connectivity index is 2.19. The summed E-state index contributed by atoms with van der Waals surface area (Å²) in [5.74, 6) is 0. The molecule has 0 saturated carbocycles. The van der Waals surface area contributed by atoms with Crippen molar-refractivity contribution in [3.05, 3.63) is 23.8 Å². The lowest BCUT2D eigenvalue weighted by atomic mass is 10.1. The Bertz CT molecular complexity index is 365. The Labute approximate surface area is 97.6 Å². The fourth-order valence-electron chi connectivity index (χ4n) is 2.39. The molecular weight excluding hydrogens is 198 g/mol. The highest BCUT2D eigenvalue weighted by Gasteiger charge is 2.21. The van der Waals surface area contributed by atoms with E-state index in [0.717, 1.165) is 24.3 Å². The van der Waals surface area contributed by atoms with Gasteiger partial charge in [-0.15, -0.1) is 0 Å². The predicted octanol–water partition coefficient (Wildman–Crippen LogP) is 1.76. The lowest BCUT2D eigenvalue weighted by molar-refractivity contribution is 0.407. The number of rotatable bonds is 1. The van der Waals surface area contributed by atoms with Crippen LogP contribution in [0.2, 0.25) is 0 Å². The molecule has 0 aliphatic carbocycles. The summed E-state index contributed by atoms with van der Waals surface area (Å²) in [6.07, 6.45) is 0. The Kier molecular flexibility index (Phi) is 3.06. The van der Waals surface area contributed by atoms with Crippen molar-refractivity contribution in [2.45, 2.75) is 32.9 Å². The first-order valence-corrected chi connectivity index (χ1v) is 5.93. The molecule has 0 unspecified atom stereocenters. The first-order valence-electron chi connectivity index (χ1n) is 5.93. The quantitative estimate of drug-likeness (QED) is 0.707. The van der Waals surface area contributed by atoms with Crippen LogP contribution in [-0.2, 0) is 0 Å². The van der Waals surface area contributed by atoms with E-state index >= 15 is 0 Å². The fraction of sp³-hybridized carbons (Fsp3) is 0.538. The third kappa shape index (κ3) is 2.30. The summed E-state index contributed by atoms with van der Waals surface area (Å²) in [7, 11) is 0. The summed E-state index contributed by atoms with van der Waals surface area (Å²) in [5, 5.41) is 3.54. The van der Waals surface area contributed by atoms with Crippen molar-refractivity contribution in [3.8, 4) is 0 Å². The summed E-state index contributed by atoms with van der Waals surface area (Å²) in [6.45, 7) is 8.65. The smallest absolute Gasteiger partial charge is 0.0371 e. The number of benzene rings is 1. The van der Waals surface area contributed by atoms with E-state index in [2.05, 4.69) is 43.1 Å². The van der Waals surface area contributed by atoms with Crippen LogP contribution in [0.3, 0.4) is 0 Å². The van der Waals surface area contributed by atoms with Gasteiger partial charge in [-0.1, -0.05) is 0 Å². The number of aryl methyl sites for hydroxylation is 1. The summed E-state index contributed by atoms with van der Waals surface area (Å²) in [6, 6.07) is 7.39. The van der Waals surface area contributed by atoms with Gasteiger partial charge in [-0.2, -0.15) is 0 Å². The molecule has 1 heterocycles. The number of nitrogen functional groups attached to an aromatic ring is 1. The topological polar surface area (TPSA) is 41.3 Å². The molecule has 1 fully saturated rings. The van der Waals surface area contributed by atoms with Gasteiger partial charge in [-0.25, -0.2) is 0 Å². The Morgan fingerprint density at radius 2 is 1.88 bits per heavy atom. The summed E-state index contributed by atoms with van der Waals surface area (Å²) >= 11 is 0. The zero-order valence-electron chi connectivity index (χ0n) is 10.3. The zero-order chi connectivity index (χ0) is 11.7. The van der Waals surface area contributed by atoms with Crippen LogP contribution in [0.4, 0.5) is 11.4 Å². The number of hydrogen-bond donors (Lipinski definition) is 2. The maximum absolute atomic E-state index is 5.84. The van der Waals surface area contributed by atoms with Crippen LogP contribution in [0.15, 0.2) is 18.2 Å². The molecule has 0 radical (unpaired) electrons. The second-order valence-electron chi connectivity index (χ2n) is 4.91. The monoisotopic (exact) mass is 219 g/mol. The van der Waals surface area contributed by atoms with Crippen molar-refractivity contribution in [2.75, 3.05) is 23.7 Å². The molecule has 0 spiro atoms. The van der Waals surface area contributed by atoms with E-state index in [1.807, 2.05) is 6.07 Å². The number of hydrogen-bond acceptors (Lipinski definition) is 3. The van der Waals surface area contributed by atoms with Crippen LogP contribution in [0.5, 0.6) is 0 Å². The molecule has 3 nitrogen and oxygen atoms in total. The molecular formula is C13H21N3. The Morgan fingerprint density at radius 1 is 1.25 bits per heavy atom. The van der Waals surface area contributed by atoms with E-state index in [1.54, 1.807) is 0 Å². The number of anilines is 2. The molecule has 1 saturated heterocycles. The molecule has 1 aliphatic rings. The largest absolute Gasteiger partial charge is 0.399 e. The van der Waals surface area contributed by atoms with Crippen molar-refractivity contribution in [1.82, 2.24) is 5.32 Å². The molecule has 3 heteroatoms. The van der Waals surface area contributed by atoms with E-state index in [9.17, 15) is 0 Å². The van der Waals surface area contributed by atoms with Crippen molar-refractivity contribution >= 4 is 11.4 Å². The predicted molar refractivity (Wildman–Crippen MR) is 69.9 cm³/mol. The van der Waals surface area contributed by atoms with Gasteiger partial charge in [0.25, 0.3) is 0 Å². The van der Waals surface area contributed by atoms with Gasteiger partial charge in [-0.3, -0.25) is 0 Å². The summed E-state index contributed by atoms with van der Waals surface area (Å²) in [4.78, 5) is 2.43. The van der Waals surface area contributed by atoms with Gasteiger partial charge in [0.2, 0.25) is 0 Å². The first-order chi connectivity index (χ1) is 7.56. The van der Waals surface area contributed by atoms with Crippen molar-refractivity contribution < 1.29 is 0 Å². The zero-order valence-corrected chi connectivity index (χ0v) is 10.3. The number of nitrogens with two attached hydrogens (primary N) is 1. The highest BCUT2D eigenvalue weighted by molar-refractivity contribution is 5.58. The molecule has 3 N–H and O–H groups in total. The fourth-order valence-corrected chi connectivity index (χ4v) is 2.39. The van der Waals surface area contributed by atoms with Gasteiger partial charge in [-0.05, 0) is 44.5 Å². The lowest BCUT2D eigenvalue weighted by Gasteiger charge is -2.37. The van der Waals surface area contributed by atoms with E-state index in [0.29, 0.717) is 12.1 Å². The van der Waals surface area contributed by atoms with Crippen LogP contribution in [0, 0.1) is 6.92 Å². The van der Waals surface area contributed by atoms with Gasteiger partial charge in [0.05, 0.1) is 0 Å². The number of nitrogens with one attached hydrogen (secondary N) is 1. The summed E-state index contributed by atoms with van der Waals surface area (Å²) < 4.78 is 0. The van der Waals surface area contributed by atoms with Gasteiger partial charge < -0.3 is 16.0 Å². The lowest BCUT2D eigenvalue weighted by Crippen LogP contribution is -2.54. The first kappa shape index (κ1) is 11.3. The van der Waals surface area contributed by atoms with Crippen molar-refractivity contribution in [3.63, 3.8) is 0 Å². The van der Waals surface area contributed by atoms with E-state index in [-0.39, 0.29) is 0 Å². The number of nitrogens with zero attached hydrogens (tertiary/aromatic N) is 1. The normalized spacial score (nSPS) is 25.8. The van der Waals surface area contributed by atoms with Crippen LogP contribution in [0.25, 0.3) is 0 Å². The minimum absolute atomic E-state index is 0.543. The van der Waals surface area contributed by atoms with Crippen LogP contribution in [-0.4, -0.2) is 25.2 Å². The Morgan fingerprint density at radius 3 is 2.44 bits per heavy atom. The highest BCUT2D eigenvalue weighted by Crippen LogP contribution is 2.22. The van der Waals surface area contributed by atoms with E-state index in [4.69, 9.17) is 5.73 Å². The minimum atomic E-state index is 0.543. The second kappa shape index (κ2) is 4.34. The SMILES string of the molecule is Cc1cc(N2C[C@@H](C)N[C@@H](C)C2)ccc1N. The maximum atomic E-state index is 5.84. The van der Waals surface area contributed by atoms with Crippen LogP contribution >= 0.6 is 0 Å². The highest BCUT2D eigenvalue weighted by atomic mass is 15.2. The van der Waals surface area contributed by atoms with Crippen LogP contribution < -0.4 is 16.0 Å². The summed E-state index contributed by atoms with van der Waals surface area (Å²) in [5.41, 5.74) is 9.16. The van der Waals surface area contributed by atoms with Gasteiger partial charge in [0, 0.05) is 36.5 Å². The molecule has 16 heavy (non-hydrogen) atoms. The Hall–Kier alpha value is -1.22. The standard InChI is InChI=1S/C13H21N3/c1-9-6-12(4-5-13(9)14)16-7-10(2)15-11(3)8-16/h4-6,10-11,15H,7-8,14H2,1-3H3/t10-,11+. The van der Waals surface area contributed by atoms with Crippen molar-refractivity contribution in [1.29, 1.82) is 0 Å². The second-order valence-corrected chi connectivity index (χ2v) is 4.91.